The molecule has 0 aliphatic rings. The summed E-state index contributed by atoms with van der Waals surface area (Å²) in [5, 5.41) is 0. The van der Waals surface area contributed by atoms with Gasteiger partial charge in [0.1, 0.15) is 0 Å². The Morgan fingerprint density at radius 3 is 1.11 bits per heavy atom. The van der Waals surface area contributed by atoms with E-state index in [4.69, 9.17) is 0 Å². The van der Waals surface area contributed by atoms with E-state index in [-0.39, 0.29) is 37.7 Å². The van der Waals surface area contributed by atoms with Gasteiger partial charge in [-0.2, -0.15) is 0 Å². The number of hydrogen-bond acceptors (Lipinski definition) is 0. The Labute approximate surface area is 138 Å². The van der Waals surface area contributed by atoms with Crippen LogP contribution in [0.2, 0.25) is 0 Å². The smallest absolute Gasteiger partial charge is 1.00 e. The average molecular weight is 268 g/mol. The normalized spacial score (nSPS) is 10.3. The minimum Gasteiger partial charge on any atom is -1.00 e. The van der Waals surface area contributed by atoms with Crippen LogP contribution in [0, 0.1) is 0 Å². The molecule has 0 aromatic rings. The number of rotatable bonds is 14. The molecule has 0 radical (unpaired) electrons. The Bertz CT molecular complexity index is 120. The van der Waals surface area contributed by atoms with Gasteiger partial charge in [-0.05, 0) is 6.42 Å². The second kappa shape index (κ2) is 20.3. The van der Waals surface area contributed by atoms with Crippen molar-refractivity contribution in [3.05, 3.63) is 0 Å². The van der Waals surface area contributed by atoms with Crippen molar-refractivity contribution in [2.24, 2.45) is 0 Å². The summed E-state index contributed by atoms with van der Waals surface area (Å²) in [6, 6.07) is 0. The molecule has 0 spiro atoms. The fourth-order valence-corrected chi connectivity index (χ4v) is 2.29. The topological polar surface area (TPSA) is 0 Å². The monoisotopic (exact) mass is 268 g/mol. The van der Waals surface area contributed by atoms with Crippen LogP contribution < -0.4 is 29.6 Å². The van der Waals surface area contributed by atoms with Gasteiger partial charge in [-0.25, -0.2) is 0 Å². The molecule has 2 heteroatoms. The van der Waals surface area contributed by atoms with Crippen molar-refractivity contribution in [3.63, 3.8) is 0 Å². The zero-order chi connectivity index (χ0) is 12.6. The third-order valence-electron chi connectivity index (χ3n) is 3.49. The zero-order valence-electron chi connectivity index (χ0n) is 14.0. The molecular weight excluding hydrogens is 234 g/mol. The van der Waals surface area contributed by atoms with Crippen LogP contribution in [0.1, 0.15) is 98.2 Å². The summed E-state index contributed by atoms with van der Waals surface area (Å²) in [7, 11) is 0. The largest absolute Gasteiger partial charge is 1.00 e. The van der Waals surface area contributed by atoms with Crippen molar-refractivity contribution >= 4 is 0 Å². The predicted molar refractivity (Wildman–Crippen MR) is 77.4 cm³/mol. The third kappa shape index (κ3) is 19.3. The summed E-state index contributed by atoms with van der Waals surface area (Å²) in [6.07, 6.45) is 18.5. The molecule has 0 aromatic carbocycles. The Balaban J connectivity index is -0.00000128. The van der Waals surface area contributed by atoms with Crippen molar-refractivity contribution in [2.75, 3.05) is 6.67 Å². The van der Waals surface area contributed by atoms with Gasteiger partial charge >= 0.3 is 29.6 Å². The number of alkyl halides is 1. The van der Waals surface area contributed by atoms with Gasteiger partial charge < -0.3 is 1.43 Å². The minimum atomic E-state index is -0.127. The minimum absolute atomic E-state index is 0. The molecule has 0 heterocycles. The fourth-order valence-electron chi connectivity index (χ4n) is 2.29. The van der Waals surface area contributed by atoms with E-state index in [0.29, 0.717) is 0 Å². The van der Waals surface area contributed by atoms with Gasteiger partial charge in [-0.3, -0.25) is 4.39 Å². The maximum Gasteiger partial charge on any atom is 1.00 e. The summed E-state index contributed by atoms with van der Waals surface area (Å²) < 4.78 is 11.8. The van der Waals surface area contributed by atoms with Crippen LogP contribution in [-0.4, -0.2) is 6.67 Å². The maximum atomic E-state index is 11.8. The summed E-state index contributed by atoms with van der Waals surface area (Å²) >= 11 is 0. The molecule has 0 rings (SSSR count). The number of halogens is 1. The van der Waals surface area contributed by atoms with Gasteiger partial charge in [-0.1, -0.05) is 90.4 Å². The molecule has 0 atom stereocenters. The first-order valence-corrected chi connectivity index (χ1v) is 7.97. The fraction of sp³-hybridized carbons (Fsp3) is 1.00. The van der Waals surface area contributed by atoms with Gasteiger partial charge in [0.15, 0.2) is 0 Å². The van der Waals surface area contributed by atoms with Crippen molar-refractivity contribution in [3.8, 4) is 0 Å². The van der Waals surface area contributed by atoms with Crippen LogP contribution in [0.15, 0.2) is 0 Å². The number of unbranched alkanes of at least 4 members (excludes halogenated alkanes) is 13. The molecule has 106 valence electrons. The Hall–Kier alpha value is 0.930. The van der Waals surface area contributed by atoms with Crippen LogP contribution in [0.3, 0.4) is 0 Å². The summed E-state index contributed by atoms with van der Waals surface area (Å²) in [4.78, 5) is 0. The first kappa shape index (κ1) is 21.2. The quantitative estimate of drug-likeness (QED) is 0.334. The second-order valence-electron chi connectivity index (χ2n) is 5.29. The second-order valence-corrected chi connectivity index (χ2v) is 5.29. The Morgan fingerprint density at radius 2 is 0.833 bits per heavy atom. The van der Waals surface area contributed by atoms with Crippen LogP contribution in [0.4, 0.5) is 4.39 Å². The molecule has 0 saturated carbocycles. The van der Waals surface area contributed by atoms with Crippen LogP contribution in [0.25, 0.3) is 0 Å². The molecule has 0 fully saturated rings. The van der Waals surface area contributed by atoms with Gasteiger partial charge in [-0.15, -0.1) is 0 Å². The van der Waals surface area contributed by atoms with Gasteiger partial charge in [0, 0.05) is 0 Å². The van der Waals surface area contributed by atoms with Crippen molar-refractivity contribution in [1.29, 1.82) is 0 Å². The molecule has 0 aliphatic heterocycles. The van der Waals surface area contributed by atoms with Crippen molar-refractivity contribution in [2.45, 2.75) is 96.8 Å². The van der Waals surface area contributed by atoms with Gasteiger partial charge in [0.2, 0.25) is 0 Å². The van der Waals surface area contributed by atoms with E-state index in [1.54, 1.807) is 0 Å². The van der Waals surface area contributed by atoms with Crippen LogP contribution in [0.5, 0.6) is 0 Å². The molecule has 0 bridgehead atoms. The molecule has 0 aromatic heterocycles. The van der Waals surface area contributed by atoms with Gasteiger partial charge in [0.25, 0.3) is 0 Å². The first-order chi connectivity index (χ1) is 8.41. The molecule has 0 aliphatic carbocycles. The van der Waals surface area contributed by atoms with E-state index in [1.807, 2.05) is 0 Å². The molecule has 0 amide bonds. The van der Waals surface area contributed by atoms with E-state index in [9.17, 15) is 4.39 Å². The molecular formula is C16H34FNa. The molecule has 0 unspecified atom stereocenters. The van der Waals surface area contributed by atoms with E-state index in [2.05, 4.69) is 6.92 Å². The van der Waals surface area contributed by atoms with E-state index >= 15 is 0 Å². The molecule has 0 saturated heterocycles. The third-order valence-corrected chi connectivity index (χ3v) is 3.49. The van der Waals surface area contributed by atoms with E-state index in [1.165, 1.54) is 77.0 Å². The van der Waals surface area contributed by atoms with Crippen LogP contribution in [-0.2, 0) is 0 Å². The van der Waals surface area contributed by atoms with E-state index < -0.39 is 0 Å². The van der Waals surface area contributed by atoms with Crippen LogP contribution >= 0.6 is 0 Å². The van der Waals surface area contributed by atoms with E-state index in [0.717, 1.165) is 12.8 Å². The molecule has 0 nitrogen and oxygen atoms in total. The first-order valence-electron chi connectivity index (χ1n) is 7.97. The Kier molecular flexibility index (Phi) is 23.9. The predicted octanol–water partition coefficient (Wildman–Crippen LogP) is 3.55. The summed E-state index contributed by atoms with van der Waals surface area (Å²) in [6.45, 7) is 2.14. The van der Waals surface area contributed by atoms with Crippen molar-refractivity contribution < 1.29 is 35.4 Å². The standard InChI is InChI=1S/C16H33F.Na.H/c1-2-3-4-5-6-7-8-9-10-11-12-13-14-15-16-17;;/h2-16H2,1H3;;/q;+1;-1. The van der Waals surface area contributed by atoms with Crippen molar-refractivity contribution in [1.82, 2.24) is 0 Å². The summed E-state index contributed by atoms with van der Waals surface area (Å²) in [5.74, 6) is 0. The average Bonchev–Trinajstić information content (AvgIpc) is 2.35. The molecule has 18 heavy (non-hydrogen) atoms. The number of hydrogen-bond donors (Lipinski definition) is 0. The Morgan fingerprint density at radius 1 is 0.556 bits per heavy atom. The summed E-state index contributed by atoms with van der Waals surface area (Å²) in [5.41, 5.74) is 0. The SMILES string of the molecule is CCCCCCCCCCCCCCCCF.[H-].[Na+]. The maximum absolute atomic E-state index is 11.8. The zero-order valence-corrected chi connectivity index (χ0v) is 15.0. The molecule has 0 N–H and O–H groups in total. The van der Waals surface area contributed by atoms with Gasteiger partial charge in [0.05, 0.1) is 6.67 Å².